The highest BCUT2D eigenvalue weighted by Gasteiger charge is 2.21. The Bertz CT molecular complexity index is 443. The molecule has 2 rings (SSSR count). The van der Waals surface area contributed by atoms with Crippen LogP contribution in [0, 0.1) is 11.6 Å². The maximum Gasteiger partial charge on any atom is 0.163 e. The van der Waals surface area contributed by atoms with Crippen LogP contribution in [0.3, 0.4) is 0 Å². The predicted octanol–water partition coefficient (Wildman–Crippen LogP) is 2.53. The lowest BCUT2D eigenvalue weighted by Crippen LogP contribution is -2.37. The third kappa shape index (κ3) is 3.14. The molecule has 1 N–H and O–H groups in total. The molecule has 1 aromatic rings. The minimum absolute atomic E-state index is 0.236. The van der Waals surface area contributed by atoms with E-state index in [0.717, 1.165) is 18.9 Å². The van der Waals surface area contributed by atoms with Crippen LogP contribution in [0.5, 0.6) is 0 Å². The average Bonchev–Trinajstić information content (AvgIpc) is 2.35. The van der Waals surface area contributed by atoms with Crippen molar-refractivity contribution in [2.45, 2.75) is 31.8 Å². The molecular formula is C13H17F2NOS. The zero-order valence-electron chi connectivity index (χ0n) is 10.3. The third-order valence-electron chi connectivity index (χ3n) is 3.32. The summed E-state index contributed by atoms with van der Waals surface area (Å²) in [5, 5.41) is 3.28. The van der Waals surface area contributed by atoms with Crippen LogP contribution in [0.1, 0.15) is 31.4 Å². The monoisotopic (exact) mass is 273 g/mol. The molecule has 100 valence electrons. The van der Waals surface area contributed by atoms with Crippen LogP contribution < -0.4 is 5.32 Å². The van der Waals surface area contributed by atoms with Crippen LogP contribution in [0.2, 0.25) is 0 Å². The zero-order valence-corrected chi connectivity index (χ0v) is 11.1. The van der Waals surface area contributed by atoms with Gasteiger partial charge in [0, 0.05) is 40.0 Å². The Hall–Kier alpha value is -0.810. The first-order valence-electron chi connectivity index (χ1n) is 6.13. The predicted molar refractivity (Wildman–Crippen MR) is 68.8 cm³/mol. The maximum absolute atomic E-state index is 13.6. The highest BCUT2D eigenvalue weighted by molar-refractivity contribution is 7.85. The standard InChI is InChI=1S/C13H17F2NOS/c1-9(11-3-2-4-12(14)13(11)15)16-10-5-7-18(17)8-6-10/h2-4,9-10,16H,5-8H2,1H3. The van der Waals surface area contributed by atoms with Crippen molar-refractivity contribution in [2.24, 2.45) is 0 Å². The van der Waals surface area contributed by atoms with Crippen molar-refractivity contribution in [2.75, 3.05) is 11.5 Å². The Labute approximate surface area is 108 Å². The maximum atomic E-state index is 13.6. The molecule has 0 bridgehead atoms. The molecular weight excluding hydrogens is 256 g/mol. The van der Waals surface area contributed by atoms with Gasteiger partial charge in [-0.25, -0.2) is 8.78 Å². The Balaban J connectivity index is 2.01. The van der Waals surface area contributed by atoms with E-state index in [1.165, 1.54) is 6.07 Å². The van der Waals surface area contributed by atoms with Crippen LogP contribution in [-0.4, -0.2) is 21.8 Å². The molecule has 0 amide bonds. The second-order valence-corrected chi connectivity index (χ2v) is 6.35. The number of hydrogen-bond acceptors (Lipinski definition) is 2. The van der Waals surface area contributed by atoms with E-state index in [0.29, 0.717) is 17.1 Å². The first-order valence-corrected chi connectivity index (χ1v) is 7.61. The summed E-state index contributed by atoms with van der Waals surface area (Å²) in [6, 6.07) is 4.23. The molecule has 1 fully saturated rings. The van der Waals surface area contributed by atoms with Crippen LogP contribution in [0.15, 0.2) is 18.2 Å². The molecule has 0 radical (unpaired) electrons. The summed E-state index contributed by atoms with van der Waals surface area (Å²) < 4.78 is 38.0. The van der Waals surface area contributed by atoms with Gasteiger partial charge in [-0.15, -0.1) is 0 Å². The summed E-state index contributed by atoms with van der Waals surface area (Å²) in [4.78, 5) is 0. The number of halogens is 2. The number of nitrogens with one attached hydrogen (secondary N) is 1. The third-order valence-corrected chi connectivity index (χ3v) is 4.70. The quantitative estimate of drug-likeness (QED) is 0.917. The van der Waals surface area contributed by atoms with Gasteiger partial charge in [0.15, 0.2) is 11.6 Å². The highest BCUT2D eigenvalue weighted by Crippen LogP contribution is 2.21. The molecule has 0 aliphatic carbocycles. The van der Waals surface area contributed by atoms with Gasteiger partial charge in [0.25, 0.3) is 0 Å². The van der Waals surface area contributed by atoms with Gasteiger partial charge < -0.3 is 5.32 Å². The van der Waals surface area contributed by atoms with E-state index >= 15 is 0 Å². The highest BCUT2D eigenvalue weighted by atomic mass is 32.2. The van der Waals surface area contributed by atoms with Crippen LogP contribution >= 0.6 is 0 Å². The molecule has 5 heteroatoms. The summed E-state index contributed by atoms with van der Waals surface area (Å²) in [7, 11) is -0.702. The largest absolute Gasteiger partial charge is 0.307 e. The lowest BCUT2D eigenvalue weighted by atomic mass is 10.0. The van der Waals surface area contributed by atoms with Crippen molar-refractivity contribution >= 4 is 10.8 Å². The van der Waals surface area contributed by atoms with E-state index in [-0.39, 0.29) is 12.1 Å². The van der Waals surface area contributed by atoms with Gasteiger partial charge in [0.1, 0.15) is 0 Å². The van der Waals surface area contributed by atoms with E-state index in [4.69, 9.17) is 0 Å². The van der Waals surface area contributed by atoms with E-state index in [1.807, 2.05) is 6.92 Å². The molecule has 0 aromatic heterocycles. The first-order chi connectivity index (χ1) is 8.58. The van der Waals surface area contributed by atoms with E-state index in [2.05, 4.69) is 5.32 Å². The second-order valence-electron chi connectivity index (χ2n) is 4.65. The normalized spacial score (nSPS) is 25.9. The Morgan fingerprint density at radius 3 is 2.67 bits per heavy atom. The summed E-state index contributed by atoms with van der Waals surface area (Å²) in [6.07, 6.45) is 1.65. The van der Waals surface area contributed by atoms with Crippen molar-refractivity contribution in [3.63, 3.8) is 0 Å². The van der Waals surface area contributed by atoms with E-state index in [1.54, 1.807) is 6.07 Å². The fourth-order valence-corrected chi connectivity index (χ4v) is 3.56. The fraction of sp³-hybridized carbons (Fsp3) is 0.538. The fourth-order valence-electron chi connectivity index (χ4n) is 2.26. The van der Waals surface area contributed by atoms with Crippen LogP contribution in [0.25, 0.3) is 0 Å². The Morgan fingerprint density at radius 2 is 2.00 bits per heavy atom. The summed E-state index contributed by atoms with van der Waals surface area (Å²) in [6.45, 7) is 1.82. The van der Waals surface area contributed by atoms with E-state index < -0.39 is 22.4 Å². The van der Waals surface area contributed by atoms with Gasteiger partial charge in [-0.05, 0) is 25.8 Å². The van der Waals surface area contributed by atoms with Crippen molar-refractivity contribution in [1.82, 2.24) is 5.32 Å². The van der Waals surface area contributed by atoms with Crippen molar-refractivity contribution in [3.8, 4) is 0 Å². The molecule has 2 nitrogen and oxygen atoms in total. The van der Waals surface area contributed by atoms with Crippen molar-refractivity contribution in [3.05, 3.63) is 35.4 Å². The van der Waals surface area contributed by atoms with Gasteiger partial charge in [-0.3, -0.25) is 4.21 Å². The molecule has 1 unspecified atom stereocenters. The van der Waals surface area contributed by atoms with Gasteiger partial charge in [-0.2, -0.15) is 0 Å². The smallest absolute Gasteiger partial charge is 0.163 e. The molecule has 1 aliphatic rings. The van der Waals surface area contributed by atoms with Crippen molar-refractivity contribution in [1.29, 1.82) is 0 Å². The first kappa shape index (κ1) is 13.6. The second kappa shape index (κ2) is 5.89. The van der Waals surface area contributed by atoms with E-state index in [9.17, 15) is 13.0 Å². The lowest BCUT2D eigenvalue weighted by molar-refractivity contribution is 0.409. The Morgan fingerprint density at radius 1 is 1.33 bits per heavy atom. The minimum Gasteiger partial charge on any atom is -0.307 e. The number of rotatable bonds is 3. The van der Waals surface area contributed by atoms with Crippen LogP contribution in [0.4, 0.5) is 8.78 Å². The van der Waals surface area contributed by atoms with Gasteiger partial charge in [0.2, 0.25) is 0 Å². The van der Waals surface area contributed by atoms with Gasteiger partial charge in [-0.1, -0.05) is 12.1 Å². The lowest BCUT2D eigenvalue weighted by Gasteiger charge is -2.26. The Kier molecular flexibility index (Phi) is 4.45. The topological polar surface area (TPSA) is 29.1 Å². The summed E-state index contributed by atoms with van der Waals surface area (Å²) in [5.74, 6) is -0.214. The molecule has 0 saturated carbocycles. The molecule has 18 heavy (non-hydrogen) atoms. The minimum atomic E-state index is -0.814. The number of hydrogen-bond donors (Lipinski definition) is 1. The average molecular weight is 273 g/mol. The summed E-state index contributed by atoms with van der Waals surface area (Å²) in [5.41, 5.74) is 0.349. The molecule has 0 spiro atoms. The molecule has 1 atom stereocenters. The summed E-state index contributed by atoms with van der Waals surface area (Å²) >= 11 is 0. The zero-order chi connectivity index (χ0) is 13.1. The molecule has 1 saturated heterocycles. The molecule has 1 heterocycles. The van der Waals surface area contributed by atoms with Crippen LogP contribution in [-0.2, 0) is 10.8 Å². The SMILES string of the molecule is CC(NC1CCS(=O)CC1)c1cccc(F)c1F. The molecule has 1 aliphatic heterocycles. The van der Waals surface area contributed by atoms with Gasteiger partial charge in [0.05, 0.1) is 0 Å². The van der Waals surface area contributed by atoms with Crippen molar-refractivity contribution < 1.29 is 13.0 Å². The van der Waals surface area contributed by atoms with Gasteiger partial charge >= 0.3 is 0 Å². The molecule has 1 aromatic carbocycles. The number of benzene rings is 1.